The summed E-state index contributed by atoms with van der Waals surface area (Å²) in [4.78, 5) is 0. The maximum Gasteiger partial charge on any atom is 0.176 e. The summed E-state index contributed by atoms with van der Waals surface area (Å²) in [6, 6.07) is 6.28. The van der Waals surface area contributed by atoms with Gasteiger partial charge >= 0.3 is 0 Å². The quantitative estimate of drug-likeness (QED) is 0.844. The summed E-state index contributed by atoms with van der Waals surface area (Å²) in [6.45, 7) is 4.08. The number of ether oxygens (including phenoxy) is 2. The van der Waals surface area contributed by atoms with Crippen LogP contribution in [-0.2, 0) is 9.47 Å². The van der Waals surface area contributed by atoms with E-state index < -0.39 is 0 Å². The number of benzene rings is 1. The molecule has 0 radical (unpaired) electrons. The molecule has 0 saturated carbocycles. The smallest absolute Gasteiger partial charge is 0.176 e. The maximum absolute atomic E-state index is 5.20. The highest BCUT2D eigenvalue weighted by atomic mass is 79.9. The minimum atomic E-state index is -0.251. The second kappa shape index (κ2) is 6.23. The van der Waals surface area contributed by atoms with Gasteiger partial charge in [-0.1, -0.05) is 15.9 Å². The van der Waals surface area contributed by atoms with Crippen molar-refractivity contribution in [3.8, 4) is 0 Å². The molecule has 1 atom stereocenters. The van der Waals surface area contributed by atoms with Gasteiger partial charge in [-0.2, -0.15) is 0 Å². The van der Waals surface area contributed by atoms with Gasteiger partial charge in [0, 0.05) is 24.4 Å². The predicted octanol–water partition coefficient (Wildman–Crippen LogP) is 3.18. The Hall–Kier alpha value is -0.580. The minimum absolute atomic E-state index is 0.0868. The number of methoxy groups -OCH3 is 2. The van der Waals surface area contributed by atoms with Crippen molar-refractivity contribution in [1.82, 2.24) is 0 Å². The van der Waals surface area contributed by atoms with Crippen molar-refractivity contribution in [2.45, 2.75) is 26.2 Å². The minimum Gasteiger partial charge on any atom is -0.377 e. The molecule has 0 aliphatic rings. The van der Waals surface area contributed by atoms with E-state index in [0.29, 0.717) is 0 Å². The molecule has 1 rings (SSSR count). The van der Waals surface area contributed by atoms with Crippen LogP contribution in [0.1, 0.15) is 12.5 Å². The van der Waals surface area contributed by atoms with Crippen LogP contribution in [0.5, 0.6) is 0 Å². The SMILES string of the molecule is COC(OC)C(C)Nc1cc(C)cc(Br)c1. The van der Waals surface area contributed by atoms with Crippen LogP contribution >= 0.6 is 15.9 Å². The number of hydrogen-bond acceptors (Lipinski definition) is 3. The molecule has 0 aromatic heterocycles. The number of halogens is 1. The molecule has 1 N–H and O–H groups in total. The van der Waals surface area contributed by atoms with Crippen LogP contribution in [0.25, 0.3) is 0 Å². The van der Waals surface area contributed by atoms with Crippen LogP contribution in [-0.4, -0.2) is 26.6 Å². The lowest BCUT2D eigenvalue weighted by Crippen LogP contribution is -2.33. The van der Waals surface area contributed by atoms with Gasteiger partial charge in [-0.3, -0.25) is 0 Å². The molecule has 90 valence electrons. The molecular formula is C12H18BrNO2. The Balaban J connectivity index is 2.72. The fourth-order valence-electron chi connectivity index (χ4n) is 1.66. The van der Waals surface area contributed by atoms with Gasteiger partial charge in [-0.25, -0.2) is 0 Å². The molecule has 0 heterocycles. The average molecular weight is 288 g/mol. The monoisotopic (exact) mass is 287 g/mol. The van der Waals surface area contributed by atoms with E-state index >= 15 is 0 Å². The first-order valence-corrected chi connectivity index (χ1v) is 5.95. The lowest BCUT2D eigenvalue weighted by atomic mass is 10.2. The van der Waals surface area contributed by atoms with Gasteiger partial charge in [0.1, 0.15) is 0 Å². The largest absolute Gasteiger partial charge is 0.377 e. The highest BCUT2D eigenvalue weighted by Gasteiger charge is 2.15. The van der Waals surface area contributed by atoms with Gasteiger partial charge in [-0.15, -0.1) is 0 Å². The Kier molecular flexibility index (Phi) is 5.25. The molecule has 3 nitrogen and oxygen atoms in total. The maximum atomic E-state index is 5.20. The summed E-state index contributed by atoms with van der Waals surface area (Å²) in [6.07, 6.45) is -0.251. The topological polar surface area (TPSA) is 30.5 Å². The molecule has 4 heteroatoms. The number of aryl methyl sites for hydroxylation is 1. The molecule has 1 aromatic carbocycles. The van der Waals surface area contributed by atoms with Crippen molar-refractivity contribution < 1.29 is 9.47 Å². The van der Waals surface area contributed by atoms with Gasteiger partial charge in [0.25, 0.3) is 0 Å². The highest BCUT2D eigenvalue weighted by molar-refractivity contribution is 9.10. The molecule has 0 spiro atoms. The van der Waals surface area contributed by atoms with Crippen LogP contribution in [0.15, 0.2) is 22.7 Å². The molecule has 0 aliphatic heterocycles. The molecular weight excluding hydrogens is 270 g/mol. The fraction of sp³-hybridized carbons (Fsp3) is 0.500. The zero-order valence-corrected chi connectivity index (χ0v) is 11.7. The Labute approximate surface area is 105 Å². The number of anilines is 1. The molecule has 0 amide bonds. The van der Waals surface area contributed by atoms with Crippen LogP contribution in [0.2, 0.25) is 0 Å². The molecule has 0 aliphatic carbocycles. The van der Waals surface area contributed by atoms with Gasteiger partial charge in [0.15, 0.2) is 6.29 Å². The summed E-state index contributed by atoms with van der Waals surface area (Å²) in [5, 5.41) is 3.35. The average Bonchev–Trinajstić information content (AvgIpc) is 2.17. The van der Waals surface area contributed by atoms with Crippen molar-refractivity contribution in [2.75, 3.05) is 19.5 Å². The summed E-state index contributed by atoms with van der Waals surface area (Å²) in [5.41, 5.74) is 2.26. The van der Waals surface area contributed by atoms with Crippen LogP contribution in [0, 0.1) is 6.92 Å². The molecule has 16 heavy (non-hydrogen) atoms. The predicted molar refractivity (Wildman–Crippen MR) is 69.8 cm³/mol. The van der Waals surface area contributed by atoms with Crippen LogP contribution in [0.4, 0.5) is 5.69 Å². The lowest BCUT2D eigenvalue weighted by Gasteiger charge is -2.23. The normalized spacial score (nSPS) is 12.9. The molecule has 0 saturated heterocycles. The van der Waals surface area contributed by atoms with E-state index in [-0.39, 0.29) is 12.3 Å². The second-order valence-corrected chi connectivity index (χ2v) is 4.71. The van der Waals surface area contributed by atoms with Crippen LogP contribution in [0.3, 0.4) is 0 Å². The molecule has 0 bridgehead atoms. The lowest BCUT2D eigenvalue weighted by molar-refractivity contribution is -0.109. The second-order valence-electron chi connectivity index (χ2n) is 3.79. The van der Waals surface area contributed by atoms with Crippen LogP contribution < -0.4 is 5.32 Å². The Morgan fingerprint density at radius 1 is 1.19 bits per heavy atom. The van der Waals surface area contributed by atoms with E-state index in [1.807, 2.05) is 13.0 Å². The third kappa shape index (κ3) is 3.77. The van der Waals surface area contributed by atoms with Crippen molar-refractivity contribution in [3.63, 3.8) is 0 Å². The molecule has 1 aromatic rings. The van der Waals surface area contributed by atoms with E-state index in [9.17, 15) is 0 Å². The number of hydrogen-bond donors (Lipinski definition) is 1. The summed E-state index contributed by atoms with van der Waals surface area (Å²) in [7, 11) is 3.27. The van der Waals surface area contributed by atoms with E-state index in [1.54, 1.807) is 14.2 Å². The first-order valence-electron chi connectivity index (χ1n) is 5.16. The Morgan fingerprint density at radius 3 is 2.31 bits per heavy atom. The summed E-state index contributed by atoms with van der Waals surface area (Å²) < 4.78 is 11.5. The van der Waals surface area contributed by atoms with Gasteiger partial charge in [0.2, 0.25) is 0 Å². The highest BCUT2D eigenvalue weighted by Crippen LogP contribution is 2.20. The first kappa shape index (κ1) is 13.5. The van der Waals surface area contributed by atoms with Gasteiger partial charge in [0.05, 0.1) is 6.04 Å². The third-order valence-electron chi connectivity index (χ3n) is 2.31. The van der Waals surface area contributed by atoms with E-state index in [1.165, 1.54) is 5.56 Å². The third-order valence-corrected chi connectivity index (χ3v) is 2.77. The Morgan fingerprint density at radius 2 is 1.81 bits per heavy atom. The molecule has 1 unspecified atom stereocenters. The fourth-order valence-corrected chi connectivity index (χ4v) is 2.26. The number of nitrogens with one attached hydrogen (secondary N) is 1. The van der Waals surface area contributed by atoms with Crippen molar-refractivity contribution in [3.05, 3.63) is 28.2 Å². The van der Waals surface area contributed by atoms with E-state index in [4.69, 9.17) is 9.47 Å². The van der Waals surface area contributed by atoms with Crippen molar-refractivity contribution in [2.24, 2.45) is 0 Å². The summed E-state index contributed by atoms with van der Waals surface area (Å²) in [5.74, 6) is 0. The first-order chi connectivity index (χ1) is 7.56. The Bertz CT molecular complexity index is 320. The number of rotatable bonds is 5. The molecule has 0 fully saturated rings. The van der Waals surface area contributed by atoms with Crippen molar-refractivity contribution in [1.29, 1.82) is 0 Å². The standard InChI is InChI=1S/C12H18BrNO2/c1-8-5-10(13)7-11(6-8)14-9(2)12(15-3)16-4/h5-7,9,12,14H,1-4H3. The zero-order chi connectivity index (χ0) is 12.1. The van der Waals surface area contributed by atoms with E-state index in [0.717, 1.165) is 10.2 Å². The summed E-state index contributed by atoms with van der Waals surface area (Å²) >= 11 is 3.47. The van der Waals surface area contributed by atoms with E-state index in [2.05, 4.69) is 40.3 Å². The van der Waals surface area contributed by atoms with Crippen molar-refractivity contribution >= 4 is 21.6 Å². The van der Waals surface area contributed by atoms with Gasteiger partial charge in [-0.05, 0) is 37.6 Å². The van der Waals surface area contributed by atoms with Gasteiger partial charge < -0.3 is 14.8 Å². The zero-order valence-electron chi connectivity index (χ0n) is 10.1.